The van der Waals surface area contributed by atoms with Crippen molar-refractivity contribution in [1.82, 2.24) is 25.1 Å². The highest BCUT2D eigenvalue weighted by molar-refractivity contribution is 6.31. The zero-order valence-corrected chi connectivity index (χ0v) is 14.1. The van der Waals surface area contributed by atoms with E-state index in [1.165, 1.54) is 0 Å². The number of rotatable bonds is 4. The molecule has 0 saturated carbocycles. The smallest absolute Gasteiger partial charge is 0.225 e. The van der Waals surface area contributed by atoms with Crippen LogP contribution in [0.3, 0.4) is 0 Å². The number of nitrogens with one attached hydrogen (secondary N) is 2. The molecule has 0 aliphatic carbocycles. The first-order chi connectivity index (χ1) is 11.6. The van der Waals surface area contributed by atoms with Gasteiger partial charge in [0.25, 0.3) is 0 Å². The summed E-state index contributed by atoms with van der Waals surface area (Å²) in [6, 6.07) is 5.48. The lowest BCUT2D eigenvalue weighted by Gasteiger charge is -2.13. The monoisotopic (exact) mass is 343 g/mol. The van der Waals surface area contributed by atoms with E-state index in [9.17, 15) is 4.79 Å². The Labute approximate surface area is 144 Å². The number of halogens is 1. The molecule has 124 valence electrons. The lowest BCUT2D eigenvalue weighted by molar-refractivity contribution is -0.121. The van der Waals surface area contributed by atoms with Gasteiger partial charge in [-0.1, -0.05) is 17.7 Å². The van der Waals surface area contributed by atoms with Crippen LogP contribution in [0.1, 0.15) is 36.6 Å². The fourth-order valence-corrected chi connectivity index (χ4v) is 3.50. The van der Waals surface area contributed by atoms with E-state index < -0.39 is 0 Å². The topological polar surface area (TPSA) is 75.6 Å². The first kappa shape index (κ1) is 15.2. The van der Waals surface area contributed by atoms with Crippen molar-refractivity contribution in [3.63, 3.8) is 0 Å². The van der Waals surface area contributed by atoms with Gasteiger partial charge in [-0.05, 0) is 31.0 Å². The van der Waals surface area contributed by atoms with Gasteiger partial charge in [0.05, 0.1) is 12.5 Å². The van der Waals surface area contributed by atoms with Crippen LogP contribution in [0.25, 0.3) is 10.9 Å². The third-order valence-corrected chi connectivity index (χ3v) is 4.72. The molecule has 0 fully saturated rings. The van der Waals surface area contributed by atoms with Gasteiger partial charge in [-0.3, -0.25) is 4.79 Å². The average Bonchev–Trinajstić information content (AvgIpc) is 3.22. The van der Waals surface area contributed by atoms with Gasteiger partial charge < -0.3 is 14.9 Å². The van der Waals surface area contributed by atoms with Gasteiger partial charge in [-0.15, -0.1) is 10.2 Å². The fraction of sp³-hybridized carbons (Fsp3) is 0.353. The minimum Gasteiger partial charge on any atom is -0.361 e. The third-order valence-electron chi connectivity index (χ3n) is 4.48. The summed E-state index contributed by atoms with van der Waals surface area (Å²) in [5, 5.41) is 13.1. The molecule has 2 aromatic heterocycles. The van der Waals surface area contributed by atoms with Crippen LogP contribution in [-0.2, 0) is 24.2 Å². The largest absolute Gasteiger partial charge is 0.361 e. The summed E-state index contributed by atoms with van der Waals surface area (Å²) in [7, 11) is 0. The fourth-order valence-electron chi connectivity index (χ4n) is 3.33. The normalized spacial score (nSPS) is 14.8. The molecule has 3 heterocycles. The SMILES string of the molecule is C[C@H](NC(=O)Cc1c[nH]c2cc(Cl)ccc12)c1nnc2n1CCC2. The molecule has 1 aliphatic heterocycles. The van der Waals surface area contributed by atoms with Gasteiger partial charge in [-0.25, -0.2) is 0 Å². The van der Waals surface area contributed by atoms with E-state index in [0.717, 1.165) is 47.5 Å². The number of amides is 1. The number of hydrogen-bond donors (Lipinski definition) is 2. The molecule has 2 N–H and O–H groups in total. The van der Waals surface area contributed by atoms with Crippen LogP contribution in [0.4, 0.5) is 0 Å². The van der Waals surface area contributed by atoms with Crippen molar-refractivity contribution in [1.29, 1.82) is 0 Å². The number of carbonyl (C=O) groups excluding carboxylic acids is 1. The van der Waals surface area contributed by atoms with Crippen molar-refractivity contribution >= 4 is 28.4 Å². The van der Waals surface area contributed by atoms with Crippen LogP contribution >= 0.6 is 11.6 Å². The molecule has 1 atom stereocenters. The number of aromatic amines is 1. The van der Waals surface area contributed by atoms with Crippen LogP contribution in [0.5, 0.6) is 0 Å². The Kier molecular flexibility index (Phi) is 3.76. The maximum atomic E-state index is 12.4. The van der Waals surface area contributed by atoms with Crippen LogP contribution in [-0.4, -0.2) is 25.7 Å². The standard InChI is InChI=1S/C17H18ClN5O/c1-10(17-22-21-15-3-2-6-23(15)17)20-16(24)7-11-9-19-14-8-12(18)4-5-13(11)14/h4-5,8-10,19H,2-3,6-7H2,1H3,(H,20,24)/t10-/m0/s1. The highest BCUT2D eigenvalue weighted by atomic mass is 35.5. The number of fused-ring (bicyclic) bond motifs is 2. The Morgan fingerprint density at radius 2 is 2.33 bits per heavy atom. The first-order valence-corrected chi connectivity index (χ1v) is 8.46. The summed E-state index contributed by atoms with van der Waals surface area (Å²) in [6.07, 6.45) is 4.23. The Balaban J connectivity index is 1.47. The summed E-state index contributed by atoms with van der Waals surface area (Å²) in [6.45, 7) is 2.88. The van der Waals surface area contributed by atoms with Gasteiger partial charge in [0.1, 0.15) is 5.82 Å². The summed E-state index contributed by atoms with van der Waals surface area (Å²) in [4.78, 5) is 15.6. The molecule has 4 rings (SSSR count). The molecule has 1 amide bonds. The lowest BCUT2D eigenvalue weighted by Crippen LogP contribution is -2.29. The molecule has 0 bridgehead atoms. The van der Waals surface area contributed by atoms with Gasteiger partial charge in [0.15, 0.2) is 5.82 Å². The van der Waals surface area contributed by atoms with Crippen molar-refractivity contribution in [3.05, 3.63) is 46.6 Å². The number of nitrogens with zero attached hydrogens (tertiary/aromatic N) is 3. The van der Waals surface area contributed by atoms with Crippen molar-refractivity contribution < 1.29 is 4.79 Å². The molecule has 0 saturated heterocycles. The zero-order chi connectivity index (χ0) is 16.7. The molecule has 6 nitrogen and oxygen atoms in total. The van der Waals surface area contributed by atoms with Crippen LogP contribution in [0.15, 0.2) is 24.4 Å². The molecule has 3 aromatic rings. The maximum absolute atomic E-state index is 12.4. The molecule has 1 aromatic carbocycles. The number of hydrogen-bond acceptors (Lipinski definition) is 3. The second-order valence-corrected chi connectivity index (χ2v) is 6.64. The van der Waals surface area contributed by atoms with E-state index in [0.29, 0.717) is 11.4 Å². The van der Waals surface area contributed by atoms with Gasteiger partial charge in [0, 0.05) is 35.1 Å². The molecular weight excluding hydrogens is 326 g/mol. The van der Waals surface area contributed by atoms with Crippen LogP contribution in [0.2, 0.25) is 5.02 Å². The molecule has 24 heavy (non-hydrogen) atoms. The highest BCUT2D eigenvalue weighted by Gasteiger charge is 2.22. The van der Waals surface area contributed by atoms with Crippen molar-refractivity contribution in [3.8, 4) is 0 Å². The van der Waals surface area contributed by atoms with Crippen molar-refractivity contribution in [2.75, 3.05) is 0 Å². The van der Waals surface area contributed by atoms with E-state index in [2.05, 4.69) is 25.1 Å². The molecule has 1 aliphatic rings. The van der Waals surface area contributed by atoms with E-state index in [4.69, 9.17) is 11.6 Å². The Morgan fingerprint density at radius 1 is 1.46 bits per heavy atom. The predicted octanol–water partition coefficient (Wildman–Crippen LogP) is 2.78. The molecule has 0 radical (unpaired) electrons. The van der Waals surface area contributed by atoms with E-state index in [-0.39, 0.29) is 11.9 Å². The predicted molar refractivity (Wildman–Crippen MR) is 91.9 cm³/mol. The lowest BCUT2D eigenvalue weighted by atomic mass is 10.1. The number of aryl methyl sites for hydroxylation is 1. The van der Waals surface area contributed by atoms with Crippen LogP contribution in [0, 0.1) is 0 Å². The van der Waals surface area contributed by atoms with E-state index >= 15 is 0 Å². The Hall–Kier alpha value is -2.34. The summed E-state index contributed by atoms with van der Waals surface area (Å²) < 4.78 is 2.11. The van der Waals surface area contributed by atoms with E-state index in [1.54, 1.807) is 0 Å². The summed E-state index contributed by atoms with van der Waals surface area (Å²) >= 11 is 5.99. The number of H-pyrrole nitrogens is 1. The summed E-state index contributed by atoms with van der Waals surface area (Å²) in [5.41, 5.74) is 1.89. The van der Waals surface area contributed by atoms with Gasteiger partial charge in [-0.2, -0.15) is 0 Å². The molecule has 7 heteroatoms. The first-order valence-electron chi connectivity index (χ1n) is 8.08. The minimum atomic E-state index is -0.156. The van der Waals surface area contributed by atoms with Gasteiger partial charge in [0.2, 0.25) is 5.91 Å². The number of carbonyl (C=O) groups is 1. The van der Waals surface area contributed by atoms with E-state index in [1.807, 2.05) is 31.3 Å². The molecular formula is C17H18ClN5O. The second-order valence-electron chi connectivity index (χ2n) is 6.20. The Bertz CT molecular complexity index is 913. The average molecular weight is 344 g/mol. The molecule has 0 spiro atoms. The Morgan fingerprint density at radius 3 is 3.21 bits per heavy atom. The summed E-state index contributed by atoms with van der Waals surface area (Å²) in [5.74, 6) is 1.81. The van der Waals surface area contributed by atoms with Crippen molar-refractivity contribution in [2.45, 2.75) is 38.8 Å². The third kappa shape index (κ3) is 2.67. The minimum absolute atomic E-state index is 0.0336. The zero-order valence-electron chi connectivity index (χ0n) is 13.3. The second kappa shape index (κ2) is 5.94. The van der Waals surface area contributed by atoms with Gasteiger partial charge >= 0.3 is 0 Å². The van der Waals surface area contributed by atoms with Crippen molar-refractivity contribution in [2.24, 2.45) is 0 Å². The maximum Gasteiger partial charge on any atom is 0.225 e. The van der Waals surface area contributed by atoms with Crippen LogP contribution < -0.4 is 5.32 Å². The highest BCUT2D eigenvalue weighted by Crippen LogP contribution is 2.23. The number of aromatic nitrogens is 4. The quantitative estimate of drug-likeness (QED) is 0.764. The molecule has 0 unspecified atom stereocenters. The number of benzene rings is 1.